The van der Waals surface area contributed by atoms with Crippen molar-refractivity contribution in [1.29, 1.82) is 0 Å². The van der Waals surface area contributed by atoms with Gasteiger partial charge in [0.1, 0.15) is 5.76 Å². The molecule has 3 nitrogen and oxygen atoms in total. The molecule has 0 unspecified atom stereocenters. The van der Waals surface area contributed by atoms with E-state index in [4.69, 9.17) is 0 Å². The van der Waals surface area contributed by atoms with Crippen LogP contribution in [0.25, 0.3) is 0 Å². The summed E-state index contributed by atoms with van der Waals surface area (Å²) in [5.74, 6) is 0.173. The largest absolute Gasteiger partial charge is 0.507 e. The maximum absolute atomic E-state index is 11.9. The third-order valence-corrected chi connectivity index (χ3v) is 3.18. The van der Waals surface area contributed by atoms with Gasteiger partial charge in [-0.25, -0.2) is 0 Å². The van der Waals surface area contributed by atoms with Gasteiger partial charge in [0.15, 0.2) is 0 Å². The first-order valence-electron chi connectivity index (χ1n) is 6.55. The van der Waals surface area contributed by atoms with Crippen LogP contribution in [0.1, 0.15) is 29.3 Å². The van der Waals surface area contributed by atoms with Gasteiger partial charge in [0, 0.05) is 24.6 Å². The van der Waals surface area contributed by atoms with Gasteiger partial charge in [0.05, 0.1) is 0 Å². The Morgan fingerprint density at radius 2 is 2.05 bits per heavy atom. The fourth-order valence-electron chi connectivity index (χ4n) is 1.71. The lowest BCUT2D eigenvalue weighted by Crippen LogP contribution is -2.21. The van der Waals surface area contributed by atoms with Gasteiger partial charge in [-0.1, -0.05) is 25.1 Å². The van der Waals surface area contributed by atoms with Gasteiger partial charge in [-0.05, 0) is 36.6 Å². The van der Waals surface area contributed by atoms with Gasteiger partial charge in [0.2, 0.25) is 0 Å². The maximum Gasteiger partial charge on any atom is 0.253 e. The van der Waals surface area contributed by atoms with Crippen LogP contribution >= 0.6 is 12.6 Å². The van der Waals surface area contributed by atoms with E-state index in [-0.39, 0.29) is 11.7 Å². The van der Waals surface area contributed by atoms with E-state index in [1.165, 1.54) is 0 Å². The Labute approximate surface area is 126 Å². The number of nitrogens with zero attached hydrogens (tertiary/aromatic N) is 1. The van der Waals surface area contributed by atoms with Crippen molar-refractivity contribution in [2.75, 3.05) is 14.1 Å². The Morgan fingerprint density at radius 1 is 1.35 bits per heavy atom. The van der Waals surface area contributed by atoms with Crippen molar-refractivity contribution < 1.29 is 9.90 Å². The molecular weight excluding hydrogens is 270 g/mol. The molecule has 1 aromatic rings. The minimum absolute atomic E-state index is 0.0179. The van der Waals surface area contributed by atoms with Gasteiger partial charge < -0.3 is 10.0 Å². The van der Waals surface area contributed by atoms with Crippen LogP contribution in [0.4, 0.5) is 0 Å². The first-order chi connectivity index (χ1) is 9.45. The average molecular weight is 291 g/mol. The van der Waals surface area contributed by atoms with Gasteiger partial charge in [-0.3, -0.25) is 4.79 Å². The molecule has 20 heavy (non-hydrogen) atoms. The Bertz CT molecular complexity index is 533. The Morgan fingerprint density at radius 3 is 2.65 bits per heavy atom. The SMILES string of the molecule is CC/C=C(O)\C(S)=C/Cc1cccc(C(=O)N(C)C)c1. The molecule has 0 atom stereocenters. The molecule has 0 bridgehead atoms. The number of allylic oxidation sites excluding steroid dienone is 2. The Balaban J connectivity index is 2.84. The summed E-state index contributed by atoms with van der Waals surface area (Å²) in [5.41, 5.74) is 1.67. The van der Waals surface area contributed by atoms with Gasteiger partial charge in [-0.2, -0.15) is 0 Å². The molecule has 0 fully saturated rings. The van der Waals surface area contributed by atoms with Crippen molar-refractivity contribution >= 4 is 18.5 Å². The van der Waals surface area contributed by atoms with E-state index in [2.05, 4.69) is 12.6 Å². The second-order valence-electron chi connectivity index (χ2n) is 4.69. The van der Waals surface area contributed by atoms with E-state index in [0.717, 1.165) is 12.0 Å². The van der Waals surface area contributed by atoms with Crippen LogP contribution < -0.4 is 0 Å². The molecule has 0 radical (unpaired) electrons. The fraction of sp³-hybridized carbons (Fsp3) is 0.312. The average Bonchev–Trinajstić information content (AvgIpc) is 2.44. The highest BCUT2D eigenvalue weighted by molar-refractivity contribution is 7.84. The van der Waals surface area contributed by atoms with E-state index in [0.29, 0.717) is 16.9 Å². The highest BCUT2D eigenvalue weighted by Crippen LogP contribution is 2.15. The Hall–Kier alpha value is -1.68. The predicted molar refractivity (Wildman–Crippen MR) is 86.2 cm³/mol. The highest BCUT2D eigenvalue weighted by atomic mass is 32.1. The molecule has 1 amide bonds. The van der Waals surface area contributed by atoms with Crippen molar-refractivity contribution in [1.82, 2.24) is 4.90 Å². The number of amides is 1. The molecule has 0 aromatic heterocycles. The highest BCUT2D eigenvalue weighted by Gasteiger charge is 2.07. The molecule has 0 heterocycles. The zero-order valence-electron chi connectivity index (χ0n) is 12.1. The molecule has 108 valence electrons. The summed E-state index contributed by atoms with van der Waals surface area (Å²) >= 11 is 4.26. The normalized spacial score (nSPS) is 12.4. The molecule has 0 aliphatic heterocycles. The number of carbonyl (C=O) groups excluding carboxylic acids is 1. The number of hydrogen-bond acceptors (Lipinski definition) is 3. The number of benzene rings is 1. The third kappa shape index (κ3) is 4.78. The first kappa shape index (κ1) is 16.4. The molecule has 1 aromatic carbocycles. The molecular formula is C16H21NO2S. The molecule has 0 aliphatic rings. The zero-order valence-corrected chi connectivity index (χ0v) is 13.0. The molecule has 4 heteroatoms. The van der Waals surface area contributed by atoms with E-state index in [1.54, 1.807) is 31.1 Å². The van der Waals surface area contributed by atoms with Crippen LogP contribution in [0.3, 0.4) is 0 Å². The van der Waals surface area contributed by atoms with E-state index >= 15 is 0 Å². The van der Waals surface area contributed by atoms with Crippen LogP contribution in [0, 0.1) is 0 Å². The summed E-state index contributed by atoms with van der Waals surface area (Å²) in [7, 11) is 3.46. The van der Waals surface area contributed by atoms with Crippen molar-refractivity contribution in [2.45, 2.75) is 19.8 Å². The van der Waals surface area contributed by atoms with Crippen LogP contribution in [-0.4, -0.2) is 30.0 Å². The standard InChI is InChI=1S/C16H21NO2S/c1-4-6-14(18)15(20)10-9-12-7-5-8-13(11-12)16(19)17(2)3/h5-8,10-11,18,20H,4,9H2,1-3H3/b14-6+,15-10+. The summed E-state index contributed by atoms with van der Waals surface area (Å²) < 4.78 is 0. The lowest BCUT2D eigenvalue weighted by atomic mass is 10.1. The van der Waals surface area contributed by atoms with Crippen molar-refractivity contribution in [2.24, 2.45) is 0 Å². The number of rotatable bonds is 5. The summed E-state index contributed by atoms with van der Waals surface area (Å²) in [6, 6.07) is 7.47. The van der Waals surface area contributed by atoms with Gasteiger partial charge in [0.25, 0.3) is 5.91 Å². The number of carbonyl (C=O) groups is 1. The Kier molecular flexibility index (Phi) is 6.39. The number of aliphatic hydroxyl groups is 1. The van der Waals surface area contributed by atoms with E-state index in [9.17, 15) is 9.90 Å². The van der Waals surface area contributed by atoms with E-state index in [1.807, 2.05) is 31.2 Å². The molecule has 0 spiro atoms. The van der Waals surface area contributed by atoms with Crippen LogP contribution in [0.5, 0.6) is 0 Å². The smallest absolute Gasteiger partial charge is 0.253 e. The lowest BCUT2D eigenvalue weighted by Gasteiger charge is -2.10. The molecule has 0 saturated heterocycles. The predicted octanol–water partition coefficient (Wildman–Crippen LogP) is 3.60. The van der Waals surface area contributed by atoms with Crippen molar-refractivity contribution in [3.05, 3.63) is 58.2 Å². The quantitative estimate of drug-likeness (QED) is 0.494. The zero-order chi connectivity index (χ0) is 15.1. The number of aliphatic hydroxyl groups excluding tert-OH is 1. The molecule has 1 N–H and O–H groups in total. The first-order valence-corrected chi connectivity index (χ1v) is 6.99. The lowest BCUT2D eigenvalue weighted by molar-refractivity contribution is 0.0827. The van der Waals surface area contributed by atoms with E-state index < -0.39 is 0 Å². The minimum atomic E-state index is -0.0179. The fourth-order valence-corrected chi connectivity index (χ4v) is 1.89. The number of thiol groups is 1. The topological polar surface area (TPSA) is 40.5 Å². The van der Waals surface area contributed by atoms with Crippen molar-refractivity contribution in [3.8, 4) is 0 Å². The minimum Gasteiger partial charge on any atom is -0.507 e. The van der Waals surface area contributed by atoms with Crippen LogP contribution in [0.15, 0.2) is 47.1 Å². The monoisotopic (exact) mass is 291 g/mol. The summed E-state index contributed by atoms with van der Waals surface area (Å²) in [4.78, 5) is 14.0. The summed E-state index contributed by atoms with van der Waals surface area (Å²) in [6.07, 6.45) is 4.93. The van der Waals surface area contributed by atoms with Gasteiger partial charge in [-0.15, -0.1) is 12.6 Å². The van der Waals surface area contributed by atoms with Crippen LogP contribution in [-0.2, 0) is 6.42 Å². The maximum atomic E-state index is 11.9. The van der Waals surface area contributed by atoms with Gasteiger partial charge >= 0.3 is 0 Å². The second-order valence-corrected chi connectivity index (χ2v) is 5.17. The third-order valence-electron chi connectivity index (χ3n) is 2.77. The molecule has 0 saturated carbocycles. The number of hydrogen-bond donors (Lipinski definition) is 2. The summed E-state index contributed by atoms with van der Waals surface area (Å²) in [5, 5.41) is 9.67. The van der Waals surface area contributed by atoms with Crippen LogP contribution in [0.2, 0.25) is 0 Å². The second kappa shape index (κ2) is 7.80. The molecule has 1 rings (SSSR count). The van der Waals surface area contributed by atoms with Crippen molar-refractivity contribution in [3.63, 3.8) is 0 Å². The molecule has 0 aliphatic carbocycles. The summed E-state index contributed by atoms with van der Waals surface area (Å²) in [6.45, 7) is 1.95.